The maximum absolute atomic E-state index is 13.3. The summed E-state index contributed by atoms with van der Waals surface area (Å²) in [7, 11) is -2.65. The number of carboxylic acids is 1. The lowest BCUT2D eigenvalue weighted by Gasteiger charge is -2.33. The lowest BCUT2D eigenvalue weighted by atomic mass is 9.87. The number of ether oxygens (including phenoxy) is 1. The summed E-state index contributed by atoms with van der Waals surface area (Å²) in [5.74, 6) is -1.65. The predicted molar refractivity (Wildman–Crippen MR) is 107 cm³/mol. The van der Waals surface area contributed by atoms with Crippen molar-refractivity contribution in [1.82, 2.24) is 4.31 Å². The molecule has 1 aliphatic rings. The molecule has 154 valence electrons. The summed E-state index contributed by atoms with van der Waals surface area (Å²) in [5.41, 5.74) is 0.542. The average molecular weight is 417 g/mol. The van der Waals surface area contributed by atoms with Crippen molar-refractivity contribution in [2.24, 2.45) is 5.92 Å². The number of aliphatic hydroxyl groups is 1. The highest BCUT2D eigenvalue weighted by Gasteiger charge is 2.44. The maximum atomic E-state index is 13.3. The average Bonchev–Trinajstić information content (AvgIpc) is 2.97. The number of rotatable bonds is 6. The second-order valence-electron chi connectivity index (χ2n) is 6.76. The van der Waals surface area contributed by atoms with Gasteiger partial charge in [0.25, 0.3) is 0 Å². The van der Waals surface area contributed by atoms with Crippen molar-refractivity contribution in [1.29, 1.82) is 0 Å². The first-order valence-corrected chi connectivity index (χ1v) is 10.6. The van der Waals surface area contributed by atoms with Gasteiger partial charge in [0, 0.05) is 12.5 Å². The van der Waals surface area contributed by atoms with Crippen LogP contribution in [-0.4, -0.2) is 48.6 Å². The molecule has 7 nitrogen and oxygen atoms in total. The predicted octanol–water partition coefficient (Wildman–Crippen LogP) is 2.45. The largest absolute Gasteiger partial charge is 0.497 e. The Morgan fingerprint density at radius 3 is 2.34 bits per heavy atom. The van der Waals surface area contributed by atoms with Crippen molar-refractivity contribution in [3.05, 3.63) is 72.3 Å². The normalized spacial score (nSPS) is 21.3. The molecule has 8 heteroatoms. The molecule has 3 unspecified atom stereocenters. The van der Waals surface area contributed by atoms with Crippen LogP contribution in [0.25, 0.3) is 0 Å². The number of carbonyl (C=O) groups is 1. The molecule has 0 saturated carbocycles. The molecule has 3 rings (SSSR count). The quantitative estimate of drug-likeness (QED) is 0.700. The smallest absolute Gasteiger partial charge is 0.322 e. The van der Waals surface area contributed by atoms with Crippen molar-refractivity contribution in [2.75, 3.05) is 13.7 Å². The molecular formula is C21H23NO6S. The molecule has 1 aliphatic heterocycles. The van der Waals surface area contributed by atoms with Gasteiger partial charge in [0.15, 0.2) is 0 Å². The molecule has 2 N–H and O–H groups in total. The van der Waals surface area contributed by atoms with Crippen molar-refractivity contribution in [2.45, 2.75) is 23.5 Å². The summed E-state index contributed by atoms with van der Waals surface area (Å²) in [5, 5.41) is 20.8. The Balaban J connectivity index is 2.02. The van der Waals surface area contributed by atoms with Crippen molar-refractivity contribution in [3.63, 3.8) is 0 Å². The number of hydrogen-bond acceptors (Lipinski definition) is 5. The fraction of sp³-hybridized carbons (Fsp3) is 0.286. The Hall–Kier alpha value is -2.68. The second kappa shape index (κ2) is 8.77. The molecule has 0 amide bonds. The Morgan fingerprint density at radius 1 is 1.10 bits per heavy atom. The third-order valence-electron chi connectivity index (χ3n) is 5.04. The van der Waals surface area contributed by atoms with Gasteiger partial charge < -0.3 is 14.9 Å². The van der Waals surface area contributed by atoms with Crippen molar-refractivity contribution in [3.8, 4) is 5.75 Å². The summed E-state index contributed by atoms with van der Waals surface area (Å²) in [4.78, 5) is 12.1. The van der Waals surface area contributed by atoms with Crippen molar-refractivity contribution < 1.29 is 28.2 Å². The number of methoxy groups -OCH3 is 1. The van der Waals surface area contributed by atoms with Gasteiger partial charge in [-0.25, -0.2) is 8.42 Å². The molecule has 2 aromatic carbocycles. The zero-order chi connectivity index (χ0) is 21.0. The highest BCUT2D eigenvalue weighted by molar-refractivity contribution is 7.89. The molecule has 0 aromatic heterocycles. The van der Waals surface area contributed by atoms with E-state index in [2.05, 4.69) is 0 Å². The lowest BCUT2D eigenvalue weighted by Crippen LogP contribution is -2.50. The molecule has 2 aromatic rings. The zero-order valence-corrected chi connectivity index (χ0v) is 16.7. The Morgan fingerprint density at radius 2 is 1.76 bits per heavy atom. The minimum absolute atomic E-state index is 0.0344. The van der Waals surface area contributed by atoms with Gasteiger partial charge in [-0.2, -0.15) is 4.31 Å². The Labute approximate surface area is 169 Å². The van der Waals surface area contributed by atoms with E-state index in [4.69, 9.17) is 4.74 Å². The number of carboxylic acid groups (broad SMARTS) is 1. The molecule has 1 heterocycles. The minimum Gasteiger partial charge on any atom is -0.497 e. The number of aliphatic hydroxyl groups excluding tert-OH is 1. The van der Waals surface area contributed by atoms with Crippen LogP contribution in [0.15, 0.2) is 71.6 Å². The summed E-state index contributed by atoms with van der Waals surface area (Å²) >= 11 is 0. The van der Waals surface area contributed by atoms with Gasteiger partial charge in [0.1, 0.15) is 11.8 Å². The van der Waals surface area contributed by atoms with E-state index in [0.29, 0.717) is 11.3 Å². The molecule has 29 heavy (non-hydrogen) atoms. The fourth-order valence-electron chi connectivity index (χ4n) is 3.52. The van der Waals surface area contributed by atoms with Crippen LogP contribution in [0.4, 0.5) is 0 Å². The van der Waals surface area contributed by atoms with Crippen LogP contribution < -0.4 is 4.74 Å². The Kier molecular flexibility index (Phi) is 6.36. The van der Waals surface area contributed by atoms with E-state index in [1.807, 2.05) is 0 Å². The Bertz CT molecular complexity index is 972. The number of aliphatic carboxylic acids is 1. The maximum Gasteiger partial charge on any atom is 0.322 e. The third kappa shape index (κ3) is 4.34. The van der Waals surface area contributed by atoms with Gasteiger partial charge in [0.2, 0.25) is 10.0 Å². The summed E-state index contributed by atoms with van der Waals surface area (Å²) in [6, 6.07) is 13.0. The zero-order valence-electron chi connectivity index (χ0n) is 15.9. The van der Waals surface area contributed by atoms with Crippen molar-refractivity contribution >= 4 is 16.0 Å². The SMILES string of the molecule is COc1ccc(S(=O)(=O)N2CC=CCC(C(O)c3ccccc3)C2C(=O)O)cc1. The highest BCUT2D eigenvalue weighted by Crippen LogP contribution is 2.35. The third-order valence-corrected chi connectivity index (χ3v) is 6.90. The van der Waals surface area contributed by atoms with Gasteiger partial charge in [-0.05, 0) is 36.2 Å². The van der Waals surface area contributed by atoms with E-state index in [9.17, 15) is 23.4 Å². The monoisotopic (exact) mass is 417 g/mol. The van der Waals surface area contributed by atoms with Gasteiger partial charge in [-0.3, -0.25) is 4.79 Å². The van der Waals surface area contributed by atoms with E-state index in [1.54, 1.807) is 42.5 Å². The number of nitrogens with zero attached hydrogens (tertiary/aromatic N) is 1. The summed E-state index contributed by atoms with van der Waals surface area (Å²) in [6.45, 7) is -0.0939. The van der Waals surface area contributed by atoms with Gasteiger partial charge in [0.05, 0.1) is 18.1 Å². The number of hydrogen-bond donors (Lipinski definition) is 2. The first-order chi connectivity index (χ1) is 13.9. The first kappa shape index (κ1) is 21.0. The molecule has 0 fully saturated rings. The summed E-state index contributed by atoms with van der Waals surface area (Å²) in [6.07, 6.45) is 2.45. The van der Waals surface area contributed by atoms with E-state index >= 15 is 0 Å². The van der Waals surface area contributed by atoms with Crippen LogP contribution in [0, 0.1) is 5.92 Å². The molecule has 0 spiro atoms. The van der Waals surface area contributed by atoms with Crippen LogP contribution in [0.1, 0.15) is 18.1 Å². The second-order valence-corrected chi connectivity index (χ2v) is 8.65. The molecular weight excluding hydrogens is 394 g/mol. The topological polar surface area (TPSA) is 104 Å². The first-order valence-electron chi connectivity index (χ1n) is 9.13. The summed E-state index contributed by atoms with van der Waals surface area (Å²) < 4.78 is 32.5. The lowest BCUT2D eigenvalue weighted by molar-refractivity contribution is -0.145. The van der Waals surface area contributed by atoms with E-state index < -0.39 is 34.1 Å². The molecule has 3 atom stereocenters. The van der Waals surface area contributed by atoms with Crippen LogP contribution in [0.5, 0.6) is 5.75 Å². The van der Waals surface area contributed by atoms with Gasteiger partial charge in [-0.15, -0.1) is 0 Å². The standard InChI is InChI=1S/C21H23NO6S/c1-28-16-10-12-17(13-11-16)29(26,27)22-14-6-5-9-18(19(22)21(24)25)20(23)15-7-3-2-4-8-15/h2-8,10-13,18-20,23H,9,14H2,1H3,(H,24,25). The molecule has 0 radical (unpaired) electrons. The van der Waals surface area contributed by atoms with Crippen LogP contribution in [-0.2, 0) is 14.8 Å². The van der Waals surface area contributed by atoms with Crippen LogP contribution >= 0.6 is 0 Å². The highest BCUT2D eigenvalue weighted by atomic mass is 32.2. The number of allylic oxidation sites excluding steroid dienone is 1. The number of benzene rings is 2. The fourth-order valence-corrected chi connectivity index (χ4v) is 5.10. The minimum atomic E-state index is -4.12. The van der Waals surface area contributed by atoms with E-state index in [0.717, 1.165) is 4.31 Å². The van der Waals surface area contributed by atoms with E-state index in [1.165, 1.54) is 31.4 Å². The van der Waals surface area contributed by atoms with E-state index in [-0.39, 0.29) is 17.9 Å². The molecule has 0 aliphatic carbocycles. The molecule has 0 bridgehead atoms. The number of sulfonamides is 1. The van der Waals surface area contributed by atoms with Crippen LogP contribution in [0.3, 0.4) is 0 Å². The molecule has 0 saturated heterocycles. The van der Waals surface area contributed by atoms with Gasteiger partial charge >= 0.3 is 5.97 Å². The van der Waals surface area contributed by atoms with Crippen LogP contribution in [0.2, 0.25) is 0 Å². The van der Waals surface area contributed by atoms with Gasteiger partial charge in [-0.1, -0.05) is 42.5 Å².